The van der Waals surface area contributed by atoms with Crippen LogP contribution in [0.15, 0.2) is 206 Å². The molecule has 0 aliphatic heterocycles. The Kier molecular flexibility index (Phi) is 5.84. The highest BCUT2D eigenvalue weighted by Gasteiger charge is 2.38. The van der Waals surface area contributed by atoms with E-state index in [0.29, 0.717) is 10.9 Å². The Morgan fingerprint density at radius 2 is 0.765 bits per heavy atom. The minimum Gasteiger partial charge on any atom is -0.309 e. The number of benzene rings is 8. The smallest absolute Gasteiger partial charge is 0.0701 e. The number of hydrogen-bond donors (Lipinski definition) is 0. The molecule has 10 rings (SSSR count). The Bertz CT molecular complexity index is 2960. The molecule has 0 atom stereocenters. The summed E-state index contributed by atoms with van der Waals surface area (Å²) in [6.45, 7) is 0. The van der Waals surface area contributed by atoms with Gasteiger partial charge >= 0.3 is 0 Å². The first-order valence-corrected chi connectivity index (χ1v) is 17.3. The molecule has 0 fully saturated rings. The first kappa shape index (κ1) is 25.3. The zero-order valence-corrected chi connectivity index (χ0v) is 27.7. The predicted octanol–water partition coefficient (Wildman–Crippen LogP) is 12.3. The summed E-state index contributed by atoms with van der Waals surface area (Å²) in [7, 11) is 0. The average molecular weight is 655 g/mol. The van der Waals surface area contributed by atoms with Crippen LogP contribution in [0.25, 0.3) is 55.0 Å². The molecule has 0 N–H and O–H groups in total. The van der Waals surface area contributed by atoms with Crippen LogP contribution in [0.2, 0.25) is 0 Å². The quantitative estimate of drug-likeness (QED) is 0.158. The van der Waals surface area contributed by atoms with Gasteiger partial charge < -0.3 is 9.13 Å². The van der Waals surface area contributed by atoms with Gasteiger partial charge in [0.05, 0.1) is 33.0 Å². The summed E-state index contributed by atoms with van der Waals surface area (Å²) in [6, 6.07) is 63.3. The van der Waals surface area contributed by atoms with E-state index < -0.39 is 5.41 Å². The molecule has 0 bridgehead atoms. The second-order valence-corrected chi connectivity index (χ2v) is 13.0. The van der Waals surface area contributed by atoms with E-state index in [0.717, 1.165) is 44.1 Å². The molecule has 0 unspecified atom stereocenters. The standard InChI is InChI=1S/C49H34N2/c1-4-16-35(17-5-1)49(36-18-6-2-7-19-36,37-20-8-3-9-21-37)38-28-30-39(31-29-38)50-47-27-15-12-24-43(47)44-34-40(32-33-48(44)50)51-45-25-13-10-22-41(45)42-23-11-14-26-46(42)51/h1-34H/i10D,13D,22D,25D. The fraction of sp³-hybridized carbons (Fsp3) is 0.0204. The van der Waals surface area contributed by atoms with Crippen molar-refractivity contribution in [3.63, 3.8) is 0 Å². The van der Waals surface area contributed by atoms with Gasteiger partial charge in [-0.1, -0.05) is 158 Å². The van der Waals surface area contributed by atoms with Crippen LogP contribution >= 0.6 is 0 Å². The molecule has 2 heterocycles. The molecule has 2 heteroatoms. The average Bonchev–Trinajstić information content (AvgIpc) is 3.77. The van der Waals surface area contributed by atoms with Crippen molar-refractivity contribution in [2.24, 2.45) is 0 Å². The topological polar surface area (TPSA) is 9.86 Å². The van der Waals surface area contributed by atoms with Crippen LogP contribution in [-0.4, -0.2) is 9.13 Å². The van der Waals surface area contributed by atoms with Crippen LogP contribution in [0.4, 0.5) is 0 Å². The maximum Gasteiger partial charge on any atom is 0.0701 e. The molecule has 240 valence electrons. The first-order chi connectivity index (χ1) is 27.0. The summed E-state index contributed by atoms with van der Waals surface area (Å²) in [5, 5.41) is 3.47. The van der Waals surface area contributed by atoms with E-state index in [1.807, 2.05) is 28.8 Å². The normalized spacial score (nSPS) is 13.0. The Morgan fingerprint density at radius 3 is 1.35 bits per heavy atom. The van der Waals surface area contributed by atoms with Gasteiger partial charge in [0.25, 0.3) is 0 Å². The summed E-state index contributed by atoms with van der Waals surface area (Å²) in [5.74, 6) is 0. The molecule has 2 nitrogen and oxygen atoms in total. The van der Waals surface area contributed by atoms with Crippen LogP contribution in [-0.2, 0) is 5.41 Å². The van der Waals surface area contributed by atoms with Gasteiger partial charge in [-0.3, -0.25) is 0 Å². The van der Waals surface area contributed by atoms with Crippen LogP contribution in [0, 0.1) is 0 Å². The van der Waals surface area contributed by atoms with E-state index in [1.165, 1.54) is 22.3 Å². The Hall–Kier alpha value is -6.64. The zero-order valence-electron chi connectivity index (χ0n) is 31.7. The molecule has 2 aromatic heterocycles. The summed E-state index contributed by atoms with van der Waals surface area (Å²) in [4.78, 5) is 0. The molecule has 0 aliphatic rings. The molecule has 0 amide bonds. The Labute approximate surface area is 302 Å². The van der Waals surface area contributed by atoms with Crippen molar-refractivity contribution in [1.82, 2.24) is 9.13 Å². The van der Waals surface area contributed by atoms with Crippen molar-refractivity contribution in [3.05, 3.63) is 228 Å². The van der Waals surface area contributed by atoms with E-state index >= 15 is 0 Å². The first-order valence-electron chi connectivity index (χ1n) is 19.3. The zero-order chi connectivity index (χ0) is 37.3. The molecule has 0 saturated carbocycles. The maximum absolute atomic E-state index is 8.97. The van der Waals surface area contributed by atoms with Crippen LogP contribution in [0.1, 0.15) is 27.7 Å². The minimum atomic E-state index is -0.546. The van der Waals surface area contributed by atoms with Crippen molar-refractivity contribution in [1.29, 1.82) is 0 Å². The number of aromatic nitrogens is 2. The summed E-state index contributed by atoms with van der Waals surface area (Å²) < 4.78 is 39.0. The van der Waals surface area contributed by atoms with Gasteiger partial charge in [-0.25, -0.2) is 0 Å². The van der Waals surface area contributed by atoms with Gasteiger partial charge in [0.15, 0.2) is 0 Å². The molecular weight excluding hydrogens is 617 g/mol. The fourth-order valence-corrected chi connectivity index (χ4v) is 8.24. The summed E-state index contributed by atoms with van der Waals surface area (Å²) >= 11 is 0. The SMILES string of the molecule is [2H]c1c([2H])c([2H])c2c(c1[2H])c1ccccc1n2-c1ccc2c(c1)c1ccccc1n2-c1ccc(C(c2ccccc2)(c2ccccc2)c2ccccc2)cc1. The lowest BCUT2D eigenvalue weighted by molar-refractivity contribution is 0.745. The van der Waals surface area contributed by atoms with E-state index in [2.05, 4.69) is 162 Å². The summed E-state index contributed by atoms with van der Waals surface area (Å²) in [6.07, 6.45) is 0. The van der Waals surface area contributed by atoms with Gasteiger partial charge in [-0.2, -0.15) is 0 Å². The van der Waals surface area contributed by atoms with Crippen LogP contribution < -0.4 is 0 Å². The van der Waals surface area contributed by atoms with Crippen molar-refractivity contribution >= 4 is 43.6 Å². The lowest BCUT2D eigenvalue weighted by Gasteiger charge is -2.37. The molecule has 51 heavy (non-hydrogen) atoms. The molecule has 0 saturated heterocycles. The largest absolute Gasteiger partial charge is 0.309 e. The molecule has 8 aromatic carbocycles. The van der Waals surface area contributed by atoms with E-state index in [9.17, 15) is 0 Å². The number of hydrogen-bond acceptors (Lipinski definition) is 0. The number of para-hydroxylation sites is 3. The second kappa shape index (κ2) is 11.8. The van der Waals surface area contributed by atoms with Crippen LogP contribution in [0.3, 0.4) is 0 Å². The highest BCUT2D eigenvalue weighted by atomic mass is 15.0. The van der Waals surface area contributed by atoms with Gasteiger partial charge in [-0.05, 0) is 70.8 Å². The lowest BCUT2D eigenvalue weighted by Crippen LogP contribution is -2.30. The van der Waals surface area contributed by atoms with E-state index in [-0.39, 0.29) is 24.2 Å². The van der Waals surface area contributed by atoms with Crippen molar-refractivity contribution in [2.75, 3.05) is 0 Å². The van der Waals surface area contributed by atoms with Gasteiger partial charge in [0.2, 0.25) is 0 Å². The number of fused-ring (bicyclic) bond motifs is 6. The predicted molar refractivity (Wildman–Crippen MR) is 213 cm³/mol. The molecule has 10 aromatic rings. The third-order valence-corrected chi connectivity index (χ3v) is 10.4. The minimum absolute atomic E-state index is 0.0251. The van der Waals surface area contributed by atoms with Crippen LogP contribution in [0.5, 0.6) is 0 Å². The highest BCUT2D eigenvalue weighted by Crippen LogP contribution is 2.45. The number of rotatable bonds is 6. The monoisotopic (exact) mass is 654 g/mol. The molecule has 0 spiro atoms. The number of nitrogens with zero attached hydrogens (tertiary/aromatic N) is 2. The van der Waals surface area contributed by atoms with Gasteiger partial charge in [0, 0.05) is 32.9 Å². The summed E-state index contributed by atoms with van der Waals surface area (Å²) in [5.41, 5.74) is 9.50. The van der Waals surface area contributed by atoms with Crippen molar-refractivity contribution < 1.29 is 5.48 Å². The van der Waals surface area contributed by atoms with E-state index in [1.54, 1.807) is 0 Å². The Morgan fingerprint density at radius 1 is 0.333 bits per heavy atom. The van der Waals surface area contributed by atoms with Crippen molar-refractivity contribution in [2.45, 2.75) is 5.41 Å². The Balaban J connectivity index is 1.19. The second-order valence-electron chi connectivity index (χ2n) is 13.0. The lowest BCUT2D eigenvalue weighted by atomic mass is 9.65. The molecule has 0 aliphatic carbocycles. The highest BCUT2D eigenvalue weighted by molar-refractivity contribution is 6.12. The third-order valence-electron chi connectivity index (χ3n) is 10.4. The third kappa shape index (κ3) is 4.43. The van der Waals surface area contributed by atoms with Crippen molar-refractivity contribution in [3.8, 4) is 11.4 Å². The van der Waals surface area contributed by atoms with Gasteiger partial charge in [0.1, 0.15) is 0 Å². The van der Waals surface area contributed by atoms with Gasteiger partial charge in [-0.15, -0.1) is 0 Å². The van der Waals surface area contributed by atoms with E-state index in [4.69, 9.17) is 5.48 Å². The molecule has 0 radical (unpaired) electrons. The fourth-order valence-electron chi connectivity index (χ4n) is 8.24. The molecular formula is C49H34N2. The maximum atomic E-state index is 8.97.